The summed E-state index contributed by atoms with van der Waals surface area (Å²) in [4.78, 5) is 11.4. The number of aromatic nitrogens is 2. The summed E-state index contributed by atoms with van der Waals surface area (Å²) in [6.45, 7) is 3.51. The molecular weight excluding hydrogens is 494 g/mol. The zero-order valence-corrected chi connectivity index (χ0v) is 17.8. The molecule has 0 atom stereocenters. The summed E-state index contributed by atoms with van der Waals surface area (Å²) in [5.41, 5.74) is 3.49. The summed E-state index contributed by atoms with van der Waals surface area (Å²) in [6.07, 6.45) is -7.13. The Kier molecular flexibility index (Phi) is 6.84. The first-order chi connectivity index (χ1) is 15.4. The molecule has 0 saturated carbocycles. The van der Waals surface area contributed by atoms with Gasteiger partial charge in [0.25, 0.3) is 0 Å². The lowest BCUT2D eigenvalue weighted by Gasteiger charge is -2.14. The number of hydrogen-bond acceptors (Lipinski definition) is 6. The maximum atomic E-state index is 13.4. The number of nitrogens with two attached hydrogens (primary N) is 1. The van der Waals surface area contributed by atoms with Crippen molar-refractivity contribution in [3.05, 3.63) is 71.3 Å². The van der Waals surface area contributed by atoms with E-state index in [9.17, 15) is 26.3 Å². The van der Waals surface area contributed by atoms with E-state index in [0.29, 0.717) is 0 Å². The highest BCUT2D eigenvalue weighted by molar-refractivity contribution is 7.20. The van der Waals surface area contributed by atoms with Gasteiger partial charge in [0.1, 0.15) is 16.4 Å². The van der Waals surface area contributed by atoms with Gasteiger partial charge in [-0.05, 0) is 30.5 Å². The van der Waals surface area contributed by atoms with Crippen molar-refractivity contribution in [2.24, 2.45) is 10.7 Å². The highest BCUT2D eigenvalue weighted by atomic mass is 35.5. The van der Waals surface area contributed by atoms with Crippen LogP contribution in [0.1, 0.15) is 17.0 Å². The second-order valence-electron chi connectivity index (χ2n) is 6.23. The minimum Gasteiger partial charge on any atom is -0.382 e. The van der Waals surface area contributed by atoms with Gasteiger partial charge in [0.05, 0.1) is 28.2 Å². The number of pyridine rings is 1. The lowest BCUT2D eigenvalue weighted by Crippen LogP contribution is -2.15. The van der Waals surface area contributed by atoms with Crippen LogP contribution in [0.25, 0.3) is 0 Å². The van der Waals surface area contributed by atoms with E-state index < -0.39 is 29.3 Å². The zero-order chi connectivity index (χ0) is 24.4. The van der Waals surface area contributed by atoms with Crippen molar-refractivity contribution < 1.29 is 26.3 Å². The van der Waals surface area contributed by atoms with Crippen LogP contribution in [-0.4, -0.2) is 15.8 Å². The summed E-state index contributed by atoms with van der Waals surface area (Å²) < 4.78 is 78.0. The standard InChI is InChI=1S/C19H13ClF6N6S/c1-2-28-16-14(15(27)30-9-6-7-12(29-8-9)19(24,25)26)32-17(33-16)31-13-10(18(21,22)23)4-3-5-11(13)20/h2-8,28H,1H2,(H2,27,30)(H,31,32). The van der Waals surface area contributed by atoms with E-state index in [0.717, 1.165) is 41.8 Å². The topological polar surface area (TPSA) is 88.2 Å². The predicted octanol–water partition coefficient (Wildman–Crippen LogP) is 6.57. The van der Waals surface area contributed by atoms with Gasteiger partial charge in [0, 0.05) is 0 Å². The Morgan fingerprint density at radius 2 is 1.85 bits per heavy atom. The average Bonchev–Trinajstić information content (AvgIpc) is 3.11. The number of aliphatic imine (C=N–C) groups is 1. The SMILES string of the molecule is C=CNc1sc(Nc2c(Cl)cccc2C(F)(F)F)nc1C(N)=Nc1ccc(C(F)(F)F)nc1. The monoisotopic (exact) mass is 506 g/mol. The van der Waals surface area contributed by atoms with E-state index >= 15 is 0 Å². The molecule has 0 aliphatic rings. The molecule has 2 aromatic heterocycles. The molecule has 3 rings (SSSR count). The molecule has 0 fully saturated rings. The van der Waals surface area contributed by atoms with E-state index in [1.165, 1.54) is 12.3 Å². The molecule has 3 aromatic rings. The quantitative estimate of drug-likeness (QED) is 0.200. The van der Waals surface area contributed by atoms with Crippen LogP contribution < -0.4 is 16.4 Å². The second-order valence-corrected chi connectivity index (χ2v) is 7.63. The van der Waals surface area contributed by atoms with Gasteiger partial charge in [-0.25, -0.2) is 15.0 Å². The number of benzene rings is 1. The molecule has 1 aromatic carbocycles. The van der Waals surface area contributed by atoms with Crippen LogP contribution in [0, 0.1) is 0 Å². The highest BCUT2D eigenvalue weighted by Gasteiger charge is 2.35. The van der Waals surface area contributed by atoms with Gasteiger partial charge in [-0.1, -0.05) is 35.6 Å². The molecule has 6 nitrogen and oxygen atoms in total. The van der Waals surface area contributed by atoms with Crippen molar-refractivity contribution in [2.75, 3.05) is 10.6 Å². The maximum Gasteiger partial charge on any atom is 0.433 e. The third kappa shape index (κ3) is 5.73. The first kappa shape index (κ1) is 24.3. The van der Waals surface area contributed by atoms with Crippen LogP contribution in [0.2, 0.25) is 5.02 Å². The normalized spacial score (nSPS) is 12.5. The number of alkyl halides is 6. The van der Waals surface area contributed by atoms with Crippen molar-refractivity contribution in [1.29, 1.82) is 0 Å². The van der Waals surface area contributed by atoms with Crippen molar-refractivity contribution in [1.82, 2.24) is 9.97 Å². The van der Waals surface area contributed by atoms with E-state index in [1.54, 1.807) is 0 Å². The molecule has 0 aliphatic heterocycles. The van der Waals surface area contributed by atoms with Gasteiger partial charge >= 0.3 is 12.4 Å². The molecule has 0 spiro atoms. The fourth-order valence-electron chi connectivity index (χ4n) is 2.54. The van der Waals surface area contributed by atoms with Gasteiger partial charge < -0.3 is 16.4 Å². The molecule has 174 valence electrons. The Bertz CT molecular complexity index is 1190. The van der Waals surface area contributed by atoms with E-state index in [4.69, 9.17) is 17.3 Å². The zero-order valence-electron chi connectivity index (χ0n) is 16.2. The van der Waals surface area contributed by atoms with Crippen molar-refractivity contribution >= 4 is 50.3 Å². The number of amidine groups is 1. The Morgan fingerprint density at radius 1 is 1.12 bits per heavy atom. The van der Waals surface area contributed by atoms with Crippen LogP contribution in [0.5, 0.6) is 0 Å². The Labute approximate surface area is 191 Å². The molecular formula is C19H13ClF6N6S. The Morgan fingerprint density at radius 3 is 2.42 bits per heavy atom. The maximum absolute atomic E-state index is 13.4. The van der Waals surface area contributed by atoms with Gasteiger partial charge in [0.2, 0.25) is 0 Å². The molecule has 0 radical (unpaired) electrons. The third-order valence-corrected chi connectivity index (χ3v) is 5.16. The van der Waals surface area contributed by atoms with Crippen LogP contribution >= 0.6 is 22.9 Å². The molecule has 4 N–H and O–H groups in total. The molecule has 0 unspecified atom stereocenters. The van der Waals surface area contributed by atoms with Crippen LogP contribution in [0.3, 0.4) is 0 Å². The number of para-hydroxylation sites is 1. The lowest BCUT2D eigenvalue weighted by atomic mass is 10.1. The Hall–Kier alpha value is -3.32. The largest absolute Gasteiger partial charge is 0.433 e. The first-order valence-electron chi connectivity index (χ1n) is 8.79. The predicted molar refractivity (Wildman–Crippen MR) is 115 cm³/mol. The van der Waals surface area contributed by atoms with Crippen molar-refractivity contribution in [2.45, 2.75) is 12.4 Å². The number of nitrogens with one attached hydrogen (secondary N) is 2. The van der Waals surface area contributed by atoms with Gasteiger partial charge in [-0.3, -0.25) is 0 Å². The molecule has 33 heavy (non-hydrogen) atoms. The minimum absolute atomic E-state index is 0.00311. The second kappa shape index (κ2) is 9.27. The van der Waals surface area contributed by atoms with Gasteiger partial charge in [-0.2, -0.15) is 26.3 Å². The van der Waals surface area contributed by atoms with Gasteiger partial charge in [0.15, 0.2) is 11.0 Å². The summed E-state index contributed by atoms with van der Waals surface area (Å²) in [6, 6.07) is 5.10. The lowest BCUT2D eigenvalue weighted by molar-refractivity contribution is -0.141. The van der Waals surface area contributed by atoms with Crippen LogP contribution in [0.4, 0.5) is 47.8 Å². The number of thiazole rings is 1. The van der Waals surface area contributed by atoms with Crippen molar-refractivity contribution in [3.63, 3.8) is 0 Å². The molecule has 2 heterocycles. The molecule has 14 heteroatoms. The number of nitrogens with zero attached hydrogens (tertiary/aromatic N) is 3. The number of rotatable bonds is 6. The number of anilines is 3. The van der Waals surface area contributed by atoms with E-state index in [2.05, 4.69) is 32.2 Å². The summed E-state index contributed by atoms with van der Waals surface area (Å²) in [5, 5.41) is 5.37. The average molecular weight is 507 g/mol. The number of hydrogen-bond donors (Lipinski definition) is 3. The van der Waals surface area contributed by atoms with Crippen LogP contribution in [-0.2, 0) is 12.4 Å². The highest BCUT2D eigenvalue weighted by Crippen LogP contribution is 2.41. The van der Waals surface area contributed by atoms with Crippen LogP contribution in [0.15, 0.2) is 54.3 Å². The molecule has 0 amide bonds. The minimum atomic E-state index is -4.68. The first-order valence-corrected chi connectivity index (χ1v) is 9.98. The summed E-state index contributed by atoms with van der Waals surface area (Å²) in [5.74, 6) is -0.222. The van der Waals surface area contributed by atoms with E-state index in [-0.39, 0.29) is 32.4 Å². The molecule has 0 aliphatic carbocycles. The molecule has 0 bridgehead atoms. The third-order valence-electron chi connectivity index (χ3n) is 3.94. The smallest absolute Gasteiger partial charge is 0.382 e. The van der Waals surface area contributed by atoms with Crippen molar-refractivity contribution in [3.8, 4) is 0 Å². The fourth-order valence-corrected chi connectivity index (χ4v) is 3.64. The summed E-state index contributed by atoms with van der Waals surface area (Å²) >= 11 is 6.85. The Balaban J connectivity index is 1.97. The number of halogens is 7. The van der Waals surface area contributed by atoms with Gasteiger partial charge in [-0.15, -0.1) is 0 Å². The summed E-state index contributed by atoms with van der Waals surface area (Å²) in [7, 11) is 0. The molecule has 0 saturated heterocycles. The van der Waals surface area contributed by atoms with E-state index in [1.807, 2.05) is 0 Å². The fraction of sp³-hybridized carbons (Fsp3) is 0.105.